The van der Waals surface area contributed by atoms with E-state index in [1.165, 1.54) is 17.7 Å². The van der Waals surface area contributed by atoms with Crippen LogP contribution in [0.1, 0.15) is 23.6 Å². The quantitative estimate of drug-likeness (QED) is 0.903. The van der Waals surface area contributed by atoms with Gasteiger partial charge in [0, 0.05) is 6.07 Å². The molecule has 90 valence electrons. The van der Waals surface area contributed by atoms with Gasteiger partial charge in [0.15, 0.2) is 0 Å². The van der Waals surface area contributed by atoms with Gasteiger partial charge < -0.3 is 9.84 Å². The monoisotopic (exact) mass is 251 g/mol. The molecule has 6 heteroatoms. The Hall–Kier alpha value is -1.53. The molecule has 0 amide bonds. The molecule has 0 saturated carbocycles. The van der Waals surface area contributed by atoms with Gasteiger partial charge in [-0.05, 0) is 13.8 Å². The van der Waals surface area contributed by atoms with Gasteiger partial charge in [0.05, 0.1) is 23.8 Å². The number of aliphatic hydroxyl groups excluding tert-OH is 1. The van der Waals surface area contributed by atoms with Gasteiger partial charge in [-0.25, -0.2) is 15.0 Å². The lowest BCUT2D eigenvalue weighted by Gasteiger charge is -1.99. The minimum absolute atomic E-state index is 0.501. The van der Waals surface area contributed by atoms with E-state index in [4.69, 9.17) is 4.74 Å². The minimum atomic E-state index is -0.509. The molecule has 1 unspecified atom stereocenters. The summed E-state index contributed by atoms with van der Waals surface area (Å²) in [6.07, 6.45) is 0.928. The van der Waals surface area contributed by atoms with Crippen molar-refractivity contribution >= 4 is 11.3 Å². The number of ether oxygens (including phenoxy) is 1. The normalized spacial score (nSPS) is 12.5. The molecule has 2 aromatic heterocycles. The smallest absolute Gasteiger partial charge is 0.216 e. The van der Waals surface area contributed by atoms with E-state index >= 15 is 0 Å². The molecule has 0 fully saturated rings. The van der Waals surface area contributed by atoms with Crippen LogP contribution < -0.4 is 4.74 Å². The lowest BCUT2D eigenvalue weighted by Crippen LogP contribution is -1.90. The van der Waals surface area contributed by atoms with Crippen molar-refractivity contribution in [2.24, 2.45) is 0 Å². The fourth-order valence-corrected chi connectivity index (χ4v) is 2.44. The van der Waals surface area contributed by atoms with Crippen LogP contribution in [0.25, 0.3) is 10.7 Å². The molecule has 5 nitrogen and oxygen atoms in total. The molecule has 0 aliphatic carbocycles. The van der Waals surface area contributed by atoms with Gasteiger partial charge in [0.2, 0.25) is 5.88 Å². The van der Waals surface area contributed by atoms with E-state index in [-0.39, 0.29) is 0 Å². The summed E-state index contributed by atoms with van der Waals surface area (Å²) in [4.78, 5) is 13.3. The predicted molar refractivity (Wildman–Crippen MR) is 65.1 cm³/mol. The highest BCUT2D eigenvalue weighted by Crippen LogP contribution is 2.31. The maximum atomic E-state index is 9.58. The van der Waals surface area contributed by atoms with Crippen molar-refractivity contribution in [1.29, 1.82) is 0 Å². The van der Waals surface area contributed by atoms with Gasteiger partial charge in [-0.3, -0.25) is 0 Å². The van der Waals surface area contributed by atoms with Crippen LogP contribution in [0.3, 0.4) is 0 Å². The van der Waals surface area contributed by atoms with Crippen LogP contribution in [0.4, 0.5) is 0 Å². The van der Waals surface area contributed by atoms with Crippen molar-refractivity contribution in [2.45, 2.75) is 20.0 Å². The summed E-state index contributed by atoms with van der Waals surface area (Å²) in [6, 6.07) is 1.73. The lowest BCUT2D eigenvalue weighted by molar-refractivity contribution is 0.202. The third-order valence-corrected chi connectivity index (χ3v) is 3.63. The number of thiazole rings is 1. The number of nitrogens with zero attached hydrogens (tertiary/aromatic N) is 3. The van der Waals surface area contributed by atoms with Crippen LogP contribution in [0.5, 0.6) is 5.88 Å². The molecule has 0 spiro atoms. The van der Waals surface area contributed by atoms with E-state index in [1.54, 1.807) is 20.1 Å². The van der Waals surface area contributed by atoms with Gasteiger partial charge >= 0.3 is 0 Å². The molecular formula is C11H13N3O2S. The summed E-state index contributed by atoms with van der Waals surface area (Å²) in [5.74, 6) is 0.501. The Bertz CT molecular complexity index is 525. The molecule has 0 saturated heterocycles. The van der Waals surface area contributed by atoms with Crippen molar-refractivity contribution < 1.29 is 9.84 Å². The second-order valence-electron chi connectivity index (χ2n) is 3.59. The zero-order valence-electron chi connectivity index (χ0n) is 9.84. The Morgan fingerprint density at radius 2 is 2.18 bits per heavy atom. The first kappa shape index (κ1) is 11.9. The molecule has 1 atom stereocenters. The van der Waals surface area contributed by atoms with E-state index in [2.05, 4.69) is 15.0 Å². The van der Waals surface area contributed by atoms with Gasteiger partial charge in [-0.15, -0.1) is 11.3 Å². The predicted octanol–water partition coefficient (Wildman–Crippen LogP) is 1.97. The SMILES string of the molecule is COc1cc(-c2nc(C)c(C(C)O)s2)ncn1. The van der Waals surface area contributed by atoms with Gasteiger partial charge in [0.1, 0.15) is 17.0 Å². The number of aliphatic hydroxyl groups is 1. The maximum Gasteiger partial charge on any atom is 0.216 e. The van der Waals surface area contributed by atoms with Crippen molar-refractivity contribution in [3.63, 3.8) is 0 Å². The molecule has 2 heterocycles. The summed E-state index contributed by atoms with van der Waals surface area (Å²) in [5, 5.41) is 10.3. The number of methoxy groups -OCH3 is 1. The number of aromatic nitrogens is 3. The van der Waals surface area contributed by atoms with Gasteiger partial charge in [-0.2, -0.15) is 0 Å². The molecule has 2 aromatic rings. The zero-order chi connectivity index (χ0) is 12.4. The highest BCUT2D eigenvalue weighted by Gasteiger charge is 2.14. The van der Waals surface area contributed by atoms with E-state index in [0.717, 1.165) is 15.6 Å². The Balaban J connectivity index is 2.42. The fraction of sp³-hybridized carbons (Fsp3) is 0.364. The fourth-order valence-electron chi connectivity index (χ4n) is 1.47. The lowest BCUT2D eigenvalue weighted by atomic mass is 10.3. The average molecular weight is 251 g/mol. The second-order valence-corrected chi connectivity index (χ2v) is 4.62. The number of aryl methyl sites for hydroxylation is 1. The van der Waals surface area contributed by atoms with Crippen molar-refractivity contribution in [2.75, 3.05) is 7.11 Å². The van der Waals surface area contributed by atoms with Crippen LogP contribution in [0.15, 0.2) is 12.4 Å². The molecule has 0 radical (unpaired) electrons. The molecule has 17 heavy (non-hydrogen) atoms. The topological polar surface area (TPSA) is 68.1 Å². The first-order valence-electron chi connectivity index (χ1n) is 5.13. The summed E-state index contributed by atoms with van der Waals surface area (Å²) in [6.45, 7) is 3.60. The second kappa shape index (κ2) is 4.77. The summed E-state index contributed by atoms with van der Waals surface area (Å²) in [7, 11) is 1.56. The molecule has 0 aliphatic rings. The first-order valence-corrected chi connectivity index (χ1v) is 5.95. The van der Waals surface area contributed by atoms with E-state index < -0.39 is 6.10 Å². The van der Waals surface area contributed by atoms with Crippen molar-refractivity contribution in [3.8, 4) is 16.6 Å². The third kappa shape index (κ3) is 2.42. The number of hydrogen-bond donors (Lipinski definition) is 1. The van der Waals surface area contributed by atoms with Crippen molar-refractivity contribution in [3.05, 3.63) is 23.0 Å². The molecule has 2 rings (SSSR count). The molecular weight excluding hydrogens is 238 g/mol. The molecule has 0 aliphatic heterocycles. The highest BCUT2D eigenvalue weighted by atomic mass is 32.1. The largest absolute Gasteiger partial charge is 0.481 e. The van der Waals surface area contributed by atoms with Crippen LogP contribution in [0.2, 0.25) is 0 Å². The van der Waals surface area contributed by atoms with Crippen LogP contribution in [-0.2, 0) is 0 Å². The Morgan fingerprint density at radius 1 is 1.41 bits per heavy atom. The number of rotatable bonds is 3. The Morgan fingerprint density at radius 3 is 2.76 bits per heavy atom. The zero-order valence-corrected chi connectivity index (χ0v) is 10.7. The van der Waals surface area contributed by atoms with E-state index in [0.29, 0.717) is 11.6 Å². The van der Waals surface area contributed by atoms with Crippen LogP contribution >= 0.6 is 11.3 Å². The average Bonchev–Trinajstić information content (AvgIpc) is 2.71. The molecule has 1 N–H and O–H groups in total. The van der Waals surface area contributed by atoms with Crippen LogP contribution in [0, 0.1) is 6.92 Å². The molecule has 0 aromatic carbocycles. The number of hydrogen-bond acceptors (Lipinski definition) is 6. The molecule has 0 bridgehead atoms. The van der Waals surface area contributed by atoms with E-state index in [9.17, 15) is 5.11 Å². The Kier molecular flexibility index (Phi) is 3.35. The standard InChI is InChI=1S/C11H13N3O2S/c1-6-10(7(2)15)17-11(14-6)8-4-9(16-3)13-5-12-8/h4-5,7,15H,1-3H3. The maximum absolute atomic E-state index is 9.58. The highest BCUT2D eigenvalue weighted by molar-refractivity contribution is 7.15. The van der Waals surface area contributed by atoms with E-state index in [1.807, 2.05) is 6.92 Å². The summed E-state index contributed by atoms with van der Waals surface area (Å²) in [5.41, 5.74) is 1.54. The summed E-state index contributed by atoms with van der Waals surface area (Å²) < 4.78 is 5.04. The van der Waals surface area contributed by atoms with Gasteiger partial charge in [-0.1, -0.05) is 0 Å². The summed E-state index contributed by atoms with van der Waals surface area (Å²) >= 11 is 1.43. The third-order valence-electron chi connectivity index (χ3n) is 2.28. The van der Waals surface area contributed by atoms with Gasteiger partial charge in [0.25, 0.3) is 0 Å². The minimum Gasteiger partial charge on any atom is -0.481 e. The van der Waals surface area contributed by atoms with Crippen molar-refractivity contribution in [1.82, 2.24) is 15.0 Å². The Labute approximate surface area is 103 Å². The first-order chi connectivity index (χ1) is 8.11. The van der Waals surface area contributed by atoms with Crippen LogP contribution in [-0.4, -0.2) is 27.2 Å².